The zero-order chi connectivity index (χ0) is 12.8. The van der Waals surface area contributed by atoms with Gasteiger partial charge in [-0.1, -0.05) is 35.9 Å². The van der Waals surface area contributed by atoms with Gasteiger partial charge in [0.1, 0.15) is 0 Å². The van der Waals surface area contributed by atoms with Crippen molar-refractivity contribution in [3.05, 3.63) is 59.1 Å². The zero-order valence-corrected chi connectivity index (χ0v) is 11.2. The van der Waals surface area contributed by atoms with E-state index in [2.05, 4.69) is 29.7 Å². The number of halogens is 1. The summed E-state index contributed by atoms with van der Waals surface area (Å²) in [6, 6.07) is 16.1. The molecule has 0 spiro atoms. The van der Waals surface area contributed by atoms with Gasteiger partial charge in [-0.15, -0.1) is 0 Å². The van der Waals surface area contributed by atoms with Crippen LogP contribution in [0.5, 0.6) is 0 Å². The Bertz CT molecular complexity index is 497. The molecule has 0 heterocycles. The minimum absolute atomic E-state index is 0.763. The van der Waals surface area contributed by atoms with Gasteiger partial charge in [-0.25, -0.2) is 0 Å². The normalized spacial score (nSPS) is 10.1. The second-order valence-electron chi connectivity index (χ2n) is 4.18. The van der Waals surface area contributed by atoms with E-state index in [0.717, 1.165) is 29.5 Å². The number of para-hydroxylation sites is 1. The highest BCUT2D eigenvalue weighted by Gasteiger charge is 1.98. The molecular formula is C15H17ClN2. The fourth-order valence-electron chi connectivity index (χ4n) is 1.74. The second kappa shape index (κ2) is 6.31. The Morgan fingerprint density at radius 2 is 1.67 bits per heavy atom. The Hall–Kier alpha value is -1.67. The van der Waals surface area contributed by atoms with Crippen molar-refractivity contribution in [3.8, 4) is 0 Å². The van der Waals surface area contributed by atoms with E-state index >= 15 is 0 Å². The van der Waals surface area contributed by atoms with Crippen LogP contribution in [-0.4, -0.2) is 13.1 Å². The lowest BCUT2D eigenvalue weighted by molar-refractivity contribution is 1.07. The summed E-state index contributed by atoms with van der Waals surface area (Å²) in [6.07, 6.45) is 0. The van der Waals surface area contributed by atoms with Crippen molar-refractivity contribution < 1.29 is 0 Å². The van der Waals surface area contributed by atoms with Gasteiger partial charge in [0.25, 0.3) is 0 Å². The molecular weight excluding hydrogens is 244 g/mol. The molecule has 0 atom stereocenters. The predicted molar refractivity (Wildman–Crippen MR) is 79.6 cm³/mol. The number of nitrogens with one attached hydrogen (secondary N) is 2. The van der Waals surface area contributed by atoms with Gasteiger partial charge >= 0.3 is 0 Å². The highest BCUT2D eigenvalue weighted by molar-refractivity contribution is 6.30. The summed E-state index contributed by atoms with van der Waals surface area (Å²) < 4.78 is 0. The summed E-state index contributed by atoms with van der Waals surface area (Å²) in [5.41, 5.74) is 3.44. The minimum atomic E-state index is 0.763. The van der Waals surface area contributed by atoms with Crippen molar-refractivity contribution in [1.82, 2.24) is 0 Å². The molecule has 0 radical (unpaired) electrons. The van der Waals surface area contributed by atoms with Crippen LogP contribution in [0.25, 0.3) is 0 Å². The van der Waals surface area contributed by atoms with Crippen LogP contribution in [0.3, 0.4) is 0 Å². The summed E-state index contributed by atoms with van der Waals surface area (Å²) >= 11 is 5.97. The molecule has 0 aliphatic heterocycles. The van der Waals surface area contributed by atoms with Crippen molar-refractivity contribution in [2.75, 3.05) is 23.7 Å². The van der Waals surface area contributed by atoms with Gasteiger partial charge in [-0.2, -0.15) is 0 Å². The first-order chi connectivity index (χ1) is 8.75. The molecule has 94 valence electrons. The quantitative estimate of drug-likeness (QED) is 0.789. The van der Waals surface area contributed by atoms with Gasteiger partial charge in [0.15, 0.2) is 0 Å². The topological polar surface area (TPSA) is 24.1 Å². The lowest BCUT2D eigenvalue weighted by Crippen LogP contribution is -2.14. The van der Waals surface area contributed by atoms with Crippen molar-refractivity contribution in [2.24, 2.45) is 0 Å². The highest BCUT2D eigenvalue weighted by atomic mass is 35.5. The molecule has 3 heteroatoms. The van der Waals surface area contributed by atoms with E-state index in [4.69, 9.17) is 11.6 Å². The van der Waals surface area contributed by atoms with Gasteiger partial charge in [0.05, 0.1) is 0 Å². The van der Waals surface area contributed by atoms with Gasteiger partial charge in [0.2, 0.25) is 0 Å². The van der Waals surface area contributed by atoms with Crippen molar-refractivity contribution in [3.63, 3.8) is 0 Å². The summed E-state index contributed by atoms with van der Waals surface area (Å²) in [6.45, 7) is 3.80. The fourth-order valence-corrected chi connectivity index (χ4v) is 1.92. The van der Waals surface area contributed by atoms with Crippen LogP contribution >= 0.6 is 11.6 Å². The average molecular weight is 261 g/mol. The number of aryl methyl sites for hydroxylation is 1. The maximum atomic E-state index is 5.97. The first kappa shape index (κ1) is 12.8. The van der Waals surface area contributed by atoms with Gasteiger partial charge < -0.3 is 10.6 Å². The van der Waals surface area contributed by atoms with Crippen molar-refractivity contribution in [2.45, 2.75) is 6.92 Å². The average Bonchev–Trinajstić information content (AvgIpc) is 2.40. The molecule has 0 saturated carbocycles. The van der Waals surface area contributed by atoms with Crippen LogP contribution in [-0.2, 0) is 0 Å². The monoisotopic (exact) mass is 260 g/mol. The molecule has 0 bridgehead atoms. The molecule has 2 rings (SSSR count). The molecule has 0 fully saturated rings. The van der Waals surface area contributed by atoms with Crippen LogP contribution in [0.1, 0.15) is 5.56 Å². The maximum Gasteiger partial charge on any atom is 0.0426 e. The Balaban J connectivity index is 1.80. The molecule has 0 aliphatic carbocycles. The molecule has 0 aromatic heterocycles. The van der Waals surface area contributed by atoms with Crippen LogP contribution in [0.4, 0.5) is 11.4 Å². The van der Waals surface area contributed by atoms with Gasteiger partial charge in [0, 0.05) is 29.5 Å². The van der Waals surface area contributed by atoms with Gasteiger partial charge in [-0.05, 0) is 36.8 Å². The summed E-state index contributed by atoms with van der Waals surface area (Å²) in [5.74, 6) is 0. The Kier molecular flexibility index (Phi) is 4.48. The smallest absolute Gasteiger partial charge is 0.0426 e. The number of benzene rings is 2. The third-order valence-electron chi connectivity index (χ3n) is 2.74. The lowest BCUT2D eigenvalue weighted by atomic mass is 10.2. The third-order valence-corrected chi connectivity index (χ3v) is 2.98. The molecule has 2 aromatic carbocycles. The van der Waals surface area contributed by atoms with Crippen LogP contribution in [0, 0.1) is 6.92 Å². The second-order valence-corrected chi connectivity index (χ2v) is 4.62. The summed E-state index contributed by atoms with van der Waals surface area (Å²) in [4.78, 5) is 0. The first-order valence-corrected chi connectivity index (χ1v) is 6.42. The van der Waals surface area contributed by atoms with Crippen LogP contribution in [0.15, 0.2) is 48.5 Å². The molecule has 2 nitrogen and oxygen atoms in total. The fraction of sp³-hybridized carbons (Fsp3) is 0.200. The molecule has 2 aromatic rings. The van der Waals surface area contributed by atoms with Crippen molar-refractivity contribution in [1.29, 1.82) is 0 Å². The number of anilines is 2. The van der Waals surface area contributed by atoms with Crippen molar-refractivity contribution >= 4 is 23.0 Å². The molecule has 18 heavy (non-hydrogen) atoms. The molecule has 0 unspecified atom stereocenters. The molecule has 0 amide bonds. The zero-order valence-electron chi connectivity index (χ0n) is 10.4. The Morgan fingerprint density at radius 3 is 2.44 bits per heavy atom. The predicted octanol–water partition coefficient (Wildman–Crippen LogP) is 4.17. The number of rotatable bonds is 5. The standard InChI is InChI=1S/C15H17ClN2/c1-12-7-8-13(16)11-15(12)18-10-9-17-14-5-3-2-4-6-14/h2-8,11,17-18H,9-10H2,1H3. The Morgan fingerprint density at radius 1 is 0.944 bits per heavy atom. The van der Waals surface area contributed by atoms with E-state index < -0.39 is 0 Å². The van der Waals surface area contributed by atoms with Gasteiger partial charge in [-0.3, -0.25) is 0 Å². The molecule has 0 aliphatic rings. The number of hydrogen-bond donors (Lipinski definition) is 2. The lowest BCUT2D eigenvalue weighted by Gasteiger charge is -2.11. The van der Waals surface area contributed by atoms with E-state index in [1.807, 2.05) is 36.4 Å². The van der Waals surface area contributed by atoms with E-state index in [9.17, 15) is 0 Å². The molecule has 2 N–H and O–H groups in total. The minimum Gasteiger partial charge on any atom is -0.383 e. The highest BCUT2D eigenvalue weighted by Crippen LogP contribution is 2.19. The maximum absolute atomic E-state index is 5.97. The largest absolute Gasteiger partial charge is 0.383 e. The van der Waals surface area contributed by atoms with E-state index in [1.165, 1.54) is 5.56 Å². The van der Waals surface area contributed by atoms with E-state index in [0.29, 0.717) is 0 Å². The summed E-state index contributed by atoms with van der Waals surface area (Å²) in [5, 5.41) is 7.49. The van der Waals surface area contributed by atoms with E-state index in [-0.39, 0.29) is 0 Å². The van der Waals surface area contributed by atoms with Crippen LogP contribution in [0.2, 0.25) is 5.02 Å². The Labute approximate surface area is 113 Å². The first-order valence-electron chi connectivity index (χ1n) is 6.04. The number of hydrogen-bond acceptors (Lipinski definition) is 2. The third kappa shape index (κ3) is 3.67. The summed E-state index contributed by atoms with van der Waals surface area (Å²) in [7, 11) is 0. The van der Waals surface area contributed by atoms with Crippen LogP contribution < -0.4 is 10.6 Å². The SMILES string of the molecule is Cc1ccc(Cl)cc1NCCNc1ccccc1. The molecule has 0 saturated heterocycles. The van der Waals surface area contributed by atoms with E-state index in [1.54, 1.807) is 0 Å².